The van der Waals surface area contributed by atoms with Crippen LogP contribution < -0.4 is 9.64 Å². The molecule has 1 aliphatic rings. The number of hydrogen-bond donors (Lipinski definition) is 0. The third-order valence-corrected chi connectivity index (χ3v) is 3.94. The lowest BCUT2D eigenvalue weighted by Gasteiger charge is -2.28. The maximum Gasteiger partial charge on any atom is 0.229 e. The quantitative estimate of drug-likeness (QED) is 0.779. The molecule has 1 aromatic rings. The van der Waals surface area contributed by atoms with E-state index in [1.807, 2.05) is 13.0 Å². The minimum Gasteiger partial charge on any atom is -0.478 e. The molecule has 1 aliphatic heterocycles. The van der Waals surface area contributed by atoms with Gasteiger partial charge in [-0.2, -0.15) is 4.98 Å². The van der Waals surface area contributed by atoms with Crippen LogP contribution in [-0.4, -0.2) is 35.0 Å². The summed E-state index contributed by atoms with van der Waals surface area (Å²) in [5.74, 6) is 2.07. The Morgan fingerprint density at radius 3 is 2.95 bits per heavy atom. The fourth-order valence-electron chi connectivity index (χ4n) is 2.53. The number of nitrogens with zero attached hydrogens (tertiary/aromatic N) is 3. The Morgan fingerprint density at radius 1 is 1.35 bits per heavy atom. The predicted molar refractivity (Wildman–Crippen MR) is 82.9 cm³/mol. The van der Waals surface area contributed by atoms with E-state index in [1.165, 1.54) is 19.3 Å². The van der Waals surface area contributed by atoms with Crippen LogP contribution in [0.5, 0.6) is 5.88 Å². The van der Waals surface area contributed by atoms with Gasteiger partial charge >= 0.3 is 0 Å². The smallest absolute Gasteiger partial charge is 0.229 e. The third-order valence-electron chi connectivity index (χ3n) is 3.59. The SMILES string of the molecule is CCCOc1cc(C)nc(N2CCCCCC2CCl)n1. The second-order valence-electron chi connectivity index (χ2n) is 5.35. The van der Waals surface area contributed by atoms with E-state index in [2.05, 4.69) is 21.8 Å². The zero-order valence-electron chi connectivity index (χ0n) is 12.4. The van der Waals surface area contributed by atoms with Gasteiger partial charge in [0.1, 0.15) is 0 Å². The van der Waals surface area contributed by atoms with Crippen LogP contribution in [0.4, 0.5) is 5.95 Å². The van der Waals surface area contributed by atoms with E-state index in [0.717, 1.165) is 31.0 Å². The molecule has 112 valence electrons. The van der Waals surface area contributed by atoms with Crippen LogP contribution in [0.2, 0.25) is 0 Å². The van der Waals surface area contributed by atoms with E-state index in [-0.39, 0.29) is 0 Å². The Balaban J connectivity index is 2.22. The largest absolute Gasteiger partial charge is 0.478 e. The first-order valence-corrected chi connectivity index (χ1v) is 8.09. The Hall–Kier alpha value is -1.03. The van der Waals surface area contributed by atoms with Gasteiger partial charge in [0.25, 0.3) is 0 Å². The zero-order valence-corrected chi connectivity index (χ0v) is 13.2. The summed E-state index contributed by atoms with van der Waals surface area (Å²) in [6.07, 6.45) is 5.77. The number of rotatable bonds is 5. The van der Waals surface area contributed by atoms with E-state index in [0.29, 0.717) is 24.4 Å². The molecule has 0 N–H and O–H groups in total. The van der Waals surface area contributed by atoms with E-state index < -0.39 is 0 Å². The van der Waals surface area contributed by atoms with Gasteiger partial charge in [-0.25, -0.2) is 4.98 Å². The number of aromatic nitrogens is 2. The highest BCUT2D eigenvalue weighted by molar-refractivity contribution is 6.18. The fraction of sp³-hybridized carbons (Fsp3) is 0.733. The maximum absolute atomic E-state index is 6.13. The molecule has 0 aliphatic carbocycles. The minimum atomic E-state index is 0.333. The Bertz CT molecular complexity index is 428. The molecule has 1 unspecified atom stereocenters. The highest BCUT2D eigenvalue weighted by Gasteiger charge is 2.23. The molecule has 1 saturated heterocycles. The highest BCUT2D eigenvalue weighted by atomic mass is 35.5. The summed E-state index contributed by atoms with van der Waals surface area (Å²) < 4.78 is 5.66. The number of halogens is 1. The minimum absolute atomic E-state index is 0.333. The number of alkyl halides is 1. The fourth-order valence-corrected chi connectivity index (χ4v) is 2.86. The van der Waals surface area contributed by atoms with E-state index in [4.69, 9.17) is 16.3 Å². The van der Waals surface area contributed by atoms with Crippen molar-refractivity contribution in [1.29, 1.82) is 0 Å². The average molecular weight is 298 g/mol. The second kappa shape index (κ2) is 7.67. The standard InChI is InChI=1S/C15H24ClN3O/c1-3-9-20-14-10-12(2)17-15(18-14)19-8-6-4-5-7-13(19)11-16/h10,13H,3-9,11H2,1-2H3. The first-order valence-electron chi connectivity index (χ1n) is 7.55. The van der Waals surface area contributed by atoms with Crippen molar-refractivity contribution in [1.82, 2.24) is 9.97 Å². The van der Waals surface area contributed by atoms with Crippen molar-refractivity contribution in [2.24, 2.45) is 0 Å². The van der Waals surface area contributed by atoms with Gasteiger partial charge in [0, 0.05) is 30.2 Å². The molecule has 4 nitrogen and oxygen atoms in total. The summed E-state index contributed by atoms with van der Waals surface area (Å²) in [5, 5.41) is 0. The molecule has 1 fully saturated rings. The van der Waals surface area contributed by atoms with Crippen molar-refractivity contribution in [2.75, 3.05) is 23.9 Å². The zero-order chi connectivity index (χ0) is 14.4. The van der Waals surface area contributed by atoms with Gasteiger partial charge in [0.05, 0.1) is 6.61 Å². The van der Waals surface area contributed by atoms with Crippen molar-refractivity contribution < 1.29 is 4.74 Å². The number of hydrogen-bond acceptors (Lipinski definition) is 4. The summed E-state index contributed by atoms with van der Waals surface area (Å²) in [5.41, 5.74) is 0.943. The van der Waals surface area contributed by atoms with Crippen LogP contribution in [0.15, 0.2) is 6.07 Å². The summed E-state index contributed by atoms with van der Waals surface area (Å²) in [4.78, 5) is 11.4. The first-order chi connectivity index (χ1) is 9.74. The van der Waals surface area contributed by atoms with Crippen LogP contribution in [0.1, 0.15) is 44.7 Å². The maximum atomic E-state index is 6.13. The van der Waals surface area contributed by atoms with Gasteiger partial charge in [0.15, 0.2) is 0 Å². The molecule has 1 atom stereocenters. The van der Waals surface area contributed by atoms with Crippen LogP contribution in [0.3, 0.4) is 0 Å². The topological polar surface area (TPSA) is 38.2 Å². The molecule has 5 heteroatoms. The molecule has 2 rings (SSSR count). The number of anilines is 1. The average Bonchev–Trinajstić information content (AvgIpc) is 2.69. The monoisotopic (exact) mass is 297 g/mol. The molecular formula is C15H24ClN3O. The summed E-state index contributed by atoms with van der Waals surface area (Å²) in [6, 6.07) is 2.23. The molecule has 1 aromatic heterocycles. The first kappa shape index (κ1) is 15.4. The van der Waals surface area contributed by atoms with Crippen molar-refractivity contribution in [3.05, 3.63) is 11.8 Å². The normalized spacial score (nSPS) is 19.8. The van der Waals surface area contributed by atoms with Crippen LogP contribution in [0, 0.1) is 6.92 Å². The van der Waals surface area contributed by atoms with Crippen molar-refractivity contribution in [2.45, 2.75) is 52.0 Å². The molecule has 20 heavy (non-hydrogen) atoms. The highest BCUT2D eigenvalue weighted by Crippen LogP contribution is 2.24. The summed E-state index contributed by atoms with van der Waals surface area (Å²) in [6.45, 7) is 5.74. The Morgan fingerprint density at radius 2 is 2.20 bits per heavy atom. The van der Waals surface area contributed by atoms with Gasteiger partial charge in [-0.3, -0.25) is 0 Å². The second-order valence-corrected chi connectivity index (χ2v) is 5.66. The van der Waals surface area contributed by atoms with Crippen LogP contribution in [-0.2, 0) is 0 Å². The van der Waals surface area contributed by atoms with Gasteiger partial charge in [0.2, 0.25) is 11.8 Å². The third kappa shape index (κ3) is 3.98. The molecule has 0 radical (unpaired) electrons. The Kier molecular flexibility index (Phi) is 5.89. The lowest BCUT2D eigenvalue weighted by atomic mass is 10.1. The number of ether oxygens (including phenoxy) is 1. The lowest BCUT2D eigenvalue weighted by molar-refractivity contribution is 0.304. The summed E-state index contributed by atoms with van der Waals surface area (Å²) >= 11 is 6.13. The van der Waals surface area contributed by atoms with Crippen LogP contribution >= 0.6 is 11.6 Å². The molecule has 2 heterocycles. The van der Waals surface area contributed by atoms with Crippen molar-refractivity contribution >= 4 is 17.5 Å². The number of aryl methyl sites for hydroxylation is 1. The summed E-state index contributed by atoms with van der Waals surface area (Å²) in [7, 11) is 0. The Labute approximate surface area is 126 Å². The lowest BCUT2D eigenvalue weighted by Crippen LogP contribution is -2.37. The van der Waals surface area contributed by atoms with Crippen molar-refractivity contribution in [3.8, 4) is 5.88 Å². The predicted octanol–water partition coefficient (Wildman–Crippen LogP) is 3.56. The molecule has 0 saturated carbocycles. The van der Waals surface area contributed by atoms with Crippen molar-refractivity contribution in [3.63, 3.8) is 0 Å². The van der Waals surface area contributed by atoms with Gasteiger partial charge in [-0.05, 0) is 26.2 Å². The molecular weight excluding hydrogens is 274 g/mol. The van der Waals surface area contributed by atoms with E-state index in [1.54, 1.807) is 0 Å². The molecule has 0 aromatic carbocycles. The van der Waals surface area contributed by atoms with Gasteiger partial charge in [-0.15, -0.1) is 11.6 Å². The molecule has 0 spiro atoms. The van der Waals surface area contributed by atoms with E-state index >= 15 is 0 Å². The van der Waals surface area contributed by atoms with Gasteiger partial charge in [-0.1, -0.05) is 19.8 Å². The van der Waals surface area contributed by atoms with E-state index in [9.17, 15) is 0 Å². The van der Waals surface area contributed by atoms with Crippen LogP contribution in [0.25, 0.3) is 0 Å². The molecule has 0 amide bonds. The van der Waals surface area contributed by atoms with Gasteiger partial charge < -0.3 is 9.64 Å². The molecule has 0 bridgehead atoms.